The lowest BCUT2D eigenvalue weighted by molar-refractivity contribution is 0.358. The normalized spacial score (nSPS) is 11.0. The fourth-order valence-corrected chi connectivity index (χ4v) is 2.79. The van der Waals surface area contributed by atoms with Crippen molar-refractivity contribution < 1.29 is 4.74 Å². The zero-order valence-electron chi connectivity index (χ0n) is 9.39. The van der Waals surface area contributed by atoms with Crippen LogP contribution in [0, 0.1) is 0 Å². The van der Waals surface area contributed by atoms with Gasteiger partial charge in [0.1, 0.15) is 12.4 Å². The number of benzene rings is 1. The monoisotopic (exact) mass is 347 g/mol. The van der Waals surface area contributed by atoms with Gasteiger partial charge < -0.3 is 10.1 Å². The summed E-state index contributed by atoms with van der Waals surface area (Å²) in [5.41, 5.74) is 1.21. The van der Waals surface area contributed by atoms with Crippen molar-refractivity contribution in [1.82, 2.24) is 5.32 Å². The Kier molecular flexibility index (Phi) is 6.09. The minimum Gasteiger partial charge on any atom is -0.487 e. The second kappa shape index (κ2) is 7.09. The van der Waals surface area contributed by atoms with Crippen LogP contribution in [-0.2, 0) is 6.54 Å². The largest absolute Gasteiger partial charge is 0.487 e. The molecule has 0 aromatic heterocycles. The lowest BCUT2D eigenvalue weighted by Crippen LogP contribution is -2.05. The molecule has 16 heavy (non-hydrogen) atoms. The smallest absolute Gasteiger partial charge is 0.148 e. The molecule has 0 fully saturated rings. The van der Waals surface area contributed by atoms with Gasteiger partial charge >= 0.3 is 0 Å². The molecule has 0 aliphatic rings. The van der Waals surface area contributed by atoms with E-state index >= 15 is 0 Å². The molecule has 0 saturated carbocycles. The summed E-state index contributed by atoms with van der Waals surface area (Å²) in [7, 11) is 1.93. The molecule has 4 heteroatoms. The van der Waals surface area contributed by atoms with Gasteiger partial charge in [-0.2, -0.15) is 0 Å². The van der Waals surface area contributed by atoms with Crippen molar-refractivity contribution in [2.45, 2.75) is 13.5 Å². The molecular weight excluding hydrogens is 334 g/mol. The van der Waals surface area contributed by atoms with Gasteiger partial charge in [-0.15, -0.1) is 0 Å². The number of allylic oxidation sites excluding steroid dienone is 1. The summed E-state index contributed by atoms with van der Waals surface area (Å²) in [6, 6.07) is 4.12. The van der Waals surface area contributed by atoms with Gasteiger partial charge in [-0.1, -0.05) is 12.2 Å². The summed E-state index contributed by atoms with van der Waals surface area (Å²) in [6.45, 7) is 3.40. The minimum absolute atomic E-state index is 0.582. The number of ether oxygens (including phenoxy) is 1. The maximum Gasteiger partial charge on any atom is 0.148 e. The molecule has 1 aromatic carbocycles. The van der Waals surface area contributed by atoms with E-state index in [1.54, 1.807) is 0 Å². The number of hydrogen-bond acceptors (Lipinski definition) is 2. The molecule has 0 aliphatic carbocycles. The van der Waals surface area contributed by atoms with Crippen molar-refractivity contribution >= 4 is 31.9 Å². The average Bonchev–Trinajstić information content (AvgIpc) is 2.23. The van der Waals surface area contributed by atoms with Gasteiger partial charge in [0.25, 0.3) is 0 Å². The maximum atomic E-state index is 5.64. The summed E-state index contributed by atoms with van der Waals surface area (Å²) in [4.78, 5) is 0. The van der Waals surface area contributed by atoms with Crippen molar-refractivity contribution in [1.29, 1.82) is 0 Å². The van der Waals surface area contributed by atoms with Crippen molar-refractivity contribution in [3.63, 3.8) is 0 Å². The summed E-state index contributed by atoms with van der Waals surface area (Å²) in [5.74, 6) is 0.845. The van der Waals surface area contributed by atoms with E-state index < -0.39 is 0 Å². The van der Waals surface area contributed by atoms with Gasteiger partial charge in [-0.25, -0.2) is 0 Å². The predicted octanol–water partition coefficient (Wildman–Crippen LogP) is 3.89. The van der Waals surface area contributed by atoms with Gasteiger partial charge in [0, 0.05) is 6.54 Å². The van der Waals surface area contributed by atoms with Crippen LogP contribution in [0.25, 0.3) is 0 Å². The van der Waals surface area contributed by atoms with Gasteiger partial charge in [-0.05, 0) is 63.5 Å². The standard InChI is InChI=1S/C12H15Br2NO/c1-3-4-5-16-12-10(13)6-9(8-15-2)7-11(12)14/h3-4,6-7,15H,5,8H2,1-2H3/b4-3+. The molecule has 2 nitrogen and oxygen atoms in total. The molecule has 1 rings (SSSR count). The number of halogens is 2. The van der Waals surface area contributed by atoms with Crippen LogP contribution in [0.15, 0.2) is 33.2 Å². The van der Waals surface area contributed by atoms with E-state index in [0.29, 0.717) is 6.61 Å². The van der Waals surface area contributed by atoms with Crippen LogP contribution in [0.3, 0.4) is 0 Å². The summed E-state index contributed by atoms with van der Waals surface area (Å²) >= 11 is 7.03. The number of rotatable bonds is 5. The molecule has 88 valence electrons. The first-order valence-electron chi connectivity index (χ1n) is 5.05. The third kappa shape index (κ3) is 3.92. The number of nitrogens with one attached hydrogen (secondary N) is 1. The third-order valence-electron chi connectivity index (χ3n) is 2.00. The third-order valence-corrected chi connectivity index (χ3v) is 3.18. The molecule has 0 bridgehead atoms. The summed E-state index contributed by atoms with van der Waals surface area (Å²) in [5, 5.41) is 3.12. The fourth-order valence-electron chi connectivity index (χ4n) is 1.28. The highest BCUT2D eigenvalue weighted by Gasteiger charge is 2.08. The Labute approximate surface area is 113 Å². The molecule has 0 unspecified atom stereocenters. The van der Waals surface area contributed by atoms with Crippen molar-refractivity contribution in [3.05, 3.63) is 38.8 Å². The summed E-state index contributed by atoms with van der Waals surface area (Å²) < 4.78 is 7.58. The highest BCUT2D eigenvalue weighted by molar-refractivity contribution is 9.11. The van der Waals surface area contributed by atoms with Gasteiger partial charge in [0.05, 0.1) is 8.95 Å². The highest BCUT2D eigenvalue weighted by atomic mass is 79.9. The molecule has 0 radical (unpaired) electrons. The van der Waals surface area contributed by atoms with Gasteiger partial charge in [-0.3, -0.25) is 0 Å². The van der Waals surface area contributed by atoms with Gasteiger partial charge in [0.2, 0.25) is 0 Å². The van der Waals surface area contributed by atoms with Crippen LogP contribution in [0.2, 0.25) is 0 Å². The maximum absolute atomic E-state index is 5.64. The minimum atomic E-state index is 0.582. The fraction of sp³-hybridized carbons (Fsp3) is 0.333. The lowest BCUT2D eigenvalue weighted by Gasteiger charge is -2.10. The van der Waals surface area contributed by atoms with E-state index in [9.17, 15) is 0 Å². The molecular formula is C12H15Br2NO. The topological polar surface area (TPSA) is 21.3 Å². The van der Waals surface area contributed by atoms with Crippen LogP contribution < -0.4 is 10.1 Å². The lowest BCUT2D eigenvalue weighted by atomic mass is 10.2. The molecule has 1 aromatic rings. The van der Waals surface area contributed by atoms with E-state index in [2.05, 4.69) is 49.3 Å². The first-order valence-corrected chi connectivity index (χ1v) is 6.64. The van der Waals surface area contributed by atoms with Crippen molar-refractivity contribution in [2.75, 3.05) is 13.7 Å². The van der Waals surface area contributed by atoms with Gasteiger partial charge in [0.15, 0.2) is 0 Å². The molecule has 0 saturated heterocycles. The van der Waals surface area contributed by atoms with E-state index in [1.807, 2.05) is 26.1 Å². The molecule has 0 spiro atoms. The second-order valence-corrected chi connectivity index (χ2v) is 5.01. The molecule has 0 atom stereocenters. The Morgan fingerprint density at radius 3 is 2.44 bits per heavy atom. The first kappa shape index (κ1) is 13.7. The zero-order chi connectivity index (χ0) is 12.0. The van der Waals surface area contributed by atoms with E-state index in [4.69, 9.17) is 4.74 Å². The Bertz CT molecular complexity index is 354. The zero-order valence-corrected chi connectivity index (χ0v) is 12.6. The predicted molar refractivity (Wildman–Crippen MR) is 74.9 cm³/mol. The molecule has 0 heterocycles. The highest BCUT2D eigenvalue weighted by Crippen LogP contribution is 2.34. The van der Waals surface area contributed by atoms with E-state index in [-0.39, 0.29) is 0 Å². The number of hydrogen-bond donors (Lipinski definition) is 1. The van der Waals surface area contributed by atoms with E-state index in [1.165, 1.54) is 5.56 Å². The summed E-state index contributed by atoms with van der Waals surface area (Å²) in [6.07, 6.45) is 3.94. The van der Waals surface area contributed by atoms with Crippen LogP contribution in [0.4, 0.5) is 0 Å². The second-order valence-electron chi connectivity index (χ2n) is 3.30. The molecule has 1 N–H and O–H groups in total. The SMILES string of the molecule is C/C=C/COc1c(Br)cc(CNC)cc1Br. The first-order chi connectivity index (χ1) is 7.69. The molecule has 0 amide bonds. The van der Waals surface area contributed by atoms with Crippen molar-refractivity contribution in [3.8, 4) is 5.75 Å². The average molecular weight is 349 g/mol. The van der Waals surface area contributed by atoms with Crippen LogP contribution >= 0.6 is 31.9 Å². The van der Waals surface area contributed by atoms with Crippen LogP contribution in [-0.4, -0.2) is 13.7 Å². The Hall–Kier alpha value is -0.320. The van der Waals surface area contributed by atoms with Crippen molar-refractivity contribution in [2.24, 2.45) is 0 Å². The van der Waals surface area contributed by atoms with Crippen LogP contribution in [0.5, 0.6) is 5.75 Å². The van der Waals surface area contributed by atoms with Crippen LogP contribution in [0.1, 0.15) is 12.5 Å². The Balaban J connectivity index is 2.84. The Morgan fingerprint density at radius 1 is 1.31 bits per heavy atom. The Morgan fingerprint density at radius 2 is 1.94 bits per heavy atom. The molecule has 0 aliphatic heterocycles. The van der Waals surface area contributed by atoms with E-state index in [0.717, 1.165) is 21.2 Å². The quantitative estimate of drug-likeness (QED) is 0.815.